The van der Waals surface area contributed by atoms with Crippen LogP contribution in [0.1, 0.15) is 20.8 Å². The number of hydrogen-bond acceptors (Lipinski definition) is 4. The number of fused-ring (bicyclic) bond motifs is 1. The highest BCUT2D eigenvalue weighted by atomic mass is 32.1. The summed E-state index contributed by atoms with van der Waals surface area (Å²) >= 11 is 1.72. The van der Waals surface area contributed by atoms with E-state index < -0.39 is 11.7 Å². The van der Waals surface area contributed by atoms with Gasteiger partial charge in [0.2, 0.25) is 0 Å². The molecule has 0 aliphatic heterocycles. The van der Waals surface area contributed by atoms with Crippen LogP contribution in [0.2, 0.25) is 0 Å². The van der Waals surface area contributed by atoms with Gasteiger partial charge in [-0.1, -0.05) is 12.1 Å². The van der Waals surface area contributed by atoms with E-state index in [1.807, 2.05) is 32.9 Å². The van der Waals surface area contributed by atoms with Crippen molar-refractivity contribution in [2.24, 2.45) is 0 Å². The van der Waals surface area contributed by atoms with Crippen molar-refractivity contribution in [3.63, 3.8) is 0 Å². The minimum absolute atomic E-state index is 0.503. The molecular formula is C19H20N2O2S. The molecule has 0 aliphatic rings. The van der Waals surface area contributed by atoms with Gasteiger partial charge in [0.1, 0.15) is 5.60 Å². The van der Waals surface area contributed by atoms with E-state index in [-0.39, 0.29) is 0 Å². The molecule has 0 fully saturated rings. The van der Waals surface area contributed by atoms with E-state index in [1.54, 1.807) is 17.4 Å². The zero-order chi connectivity index (χ0) is 17.3. The van der Waals surface area contributed by atoms with Gasteiger partial charge in [0.15, 0.2) is 0 Å². The van der Waals surface area contributed by atoms with Crippen LogP contribution in [0.5, 0.6) is 0 Å². The van der Waals surface area contributed by atoms with Crippen molar-refractivity contribution >= 4 is 38.9 Å². The van der Waals surface area contributed by atoms with E-state index in [2.05, 4.69) is 35.0 Å². The Balaban J connectivity index is 1.82. The Kier molecular flexibility index (Phi) is 4.20. The average Bonchev–Trinajstić information content (AvgIpc) is 2.94. The summed E-state index contributed by atoms with van der Waals surface area (Å²) in [5.74, 6) is 0. The Labute approximate surface area is 145 Å². The summed E-state index contributed by atoms with van der Waals surface area (Å²) in [5, 5.41) is 5.98. The second-order valence-corrected chi connectivity index (χ2v) is 7.55. The van der Waals surface area contributed by atoms with Crippen LogP contribution in [-0.2, 0) is 4.74 Å². The largest absolute Gasteiger partial charge is 0.444 e. The fraction of sp³-hybridized carbons (Fsp3) is 0.211. The Morgan fingerprint density at radius 3 is 2.50 bits per heavy atom. The molecule has 4 nitrogen and oxygen atoms in total. The lowest BCUT2D eigenvalue weighted by molar-refractivity contribution is 0.0636. The fourth-order valence-corrected chi connectivity index (χ4v) is 3.19. The molecule has 1 aromatic heterocycles. The lowest BCUT2D eigenvalue weighted by Gasteiger charge is -2.20. The Morgan fingerprint density at radius 1 is 1.08 bits per heavy atom. The molecule has 0 saturated heterocycles. The van der Waals surface area contributed by atoms with E-state index in [0.29, 0.717) is 11.4 Å². The van der Waals surface area contributed by atoms with Crippen molar-refractivity contribution in [3.05, 3.63) is 47.8 Å². The maximum absolute atomic E-state index is 11.9. The summed E-state index contributed by atoms with van der Waals surface area (Å²) in [4.78, 5) is 11.9. The number of carbonyl (C=O) groups is 1. The number of nitrogens with two attached hydrogens (primary N) is 1. The second kappa shape index (κ2) is 6.17. The third kappa shape index (κ3) is 3.68. The minimum atomic E-state index is -0.547. The monoisotopic (exact) mass is 340 g/mol. The van der Waals surface area contributed by atoms with Gasteiger partial charge in [0.05, 0.1) is 11.4 Å². The van der Waals surface area contributed by atoms with Crippen LogP contribution in [0.4, 0.5) is 16.2 Å². The number of benzene rings is 2. The first-order valence-corrected chi connectivity index (χ1v) is 8.57. The van der Waals surface area contributed by atoms with Gasteiger partial charge in [0.25, 0.3) is 0 Å². The van der Waals surface area contributed by atoms with Crippen molar-refractivity contribution in [2.45, 2.75) is 26.4 Å². The third-order valence-electron chi connectivity index (χ3n) is 3.47. The highest BCUT2D eigenvalue weighted by Crippen LogP contribution is 2.31. The summed E-state index contributed by atoms with van der Waals surface area (Å²) < 4.78 is 6.51. The van der Waals surface area contributed by atoms with Gasteiger partial charge in [-0.25, -0.2) is 4.79 Å². The predicted octanol–water partition coefficient (Wildman–Crippen LogP) is 5.50. The first-order valence-electron chi connectivity index (χ1n) is 7.69. The molecule has 2 aromatic carbocycles. The molecule has 124 valence electrons. The highest BCUT2D eigenvalue weighted by Gasteiger charge is 2.17. The molecule has 5 heteroatoms. The van der Waals surface area contributed by atoms with E-state index in [1.165, 1.54) is 10.1 Å². The molecule has 0 unspecified atom stereocenters. The summed E-state index contributed by atoms with van der Waals surface area (Å²) in [5.41, 5.74) is 8.70. The summed E-state index contributed by atoms with van der Waals surface area (Å²) in [6, 6.07) is 14.0. The predicted molar refractivity (Wildman–Crippen MR) is 102 cm³/mol. The highest BCUT2D eigenvalue weighted by molar-refractivity contribution is 7.17. The number of thiophene rings is 1. The molecule has 24 heavy (non-hydrogen) atoms. The molecule has 0 atom stereocenters. The van der Waals surface area contributed by atoms with Crippen molar-refractivity contribution in [1.82, 2.24) is 0 Å². The molecule has 3 aromatic rings. The Morgan fingerprint density at radius 2 is 1.79 bits per heavy atom. The molecule has 0 saturated carbocycles. The van der Waals surface area contributed by atoms with Gasteiger partial charge < -0.3 is 10.5 Å². The molecular weight excluding hydrogens is 320 g/mol. The van der Waals surface area contributed by atoms with Gasteiger partial charge in [-0.05, 0) is 73.0 Å². The number of nitrogen functional groups attached to an aromatic ring is 1. The van der Waals surface area contributed by atoms with Gasteiger partial charge in [-0.15, -0.1) is 11.3 Å². The van der Waals surface area contributed by atoms with Crippen LogP contribution < -0.4 is 11.1 Å². The zero-order valence-corrected chi connectivity index (χ0v) is 14.7. The van der Waals surface area contributed by atoms with E-state index in [9.17, 15) is 4.79 Å². The molecule has 3 rings (SSSR count). The number of ether oxygens (including phenoxy) is 1. The van der Waals surface area contributed by atoms with Crippen molar-refractivity contribution in [3.8, 4) is 11.1 Å². The second-order valence-electron chi connectivity index (χ2n) is 6.60. The van der Waals surface area contributed by atoms with Crippen molar-refractivity contribution in [1.29, 1.82) is 0 Å². The van der Waals surface area contributed by atoms with Crippen molar-refractivity contribution < 1.29 is 9.53 Å². The zero-order valence-electron chi connectivity index (χ0n) is 13.9. The van der Waals surface area contributed by atoms with Gasteiger partial charge in [-0.2, -0.15) is 0 Å². The Bertz CT molecular complexity index is 894. The molecule has 0 bridgehead atoms. The van der Waals surface area contributed by atoms with Gasteiger partial charge >= 0.3 is 6.09 Å². The smallest absolute Gasteiger partial charge is 0.412 e. The van der Waals surface area contributed by atoms with E-state index in [4.69, 9.17) is 10.5 Å². The quantitative estimate of drug-likeness (QED) is 0.606. The van der Waals surface area contributed by atoms with Crippen LogP contribution in [0, 0.1) is 0 Å². The van der Waals surface area contributed by atoms with Crippen molar-refractivity contribution in [2.75, 3.05) is 11.1 Å². The fourth-order valence-electron chi connectivity index (χ4n) is 2.42. The topological polar surface area (TPSA) is 64.3 Å². The average molecular weight is 340 g/mol. The maximum atomic E-state index is 11.9. The number of hydrogen-bond donors (Lipinski definition) is 2. The number of rotatable bonds is 2. The molecule has 1 amide bonds. The lowest BCUT2D eigenvalue weighted by Crippen LogP contribution is -2.27. The van der Waals surface area contributed by atoms with Crippen LogP contribution in [0.15, 0.2) is 47.8 Å². The summed E-state index contributed by atoms with van der Waals surface area (Å²) in [7, 11) is 0. The third-order valence-corrected chi connectivity index (χ3v) is 4.37. The van der Waals surface area contributed by atoms with E-state index >= 15 is 0 Å². The number of carbonyl (C=O) groups excluding carboxylic acids is 1. The number of amides is 1. The van der Waals surface area contributed by atoms with Gasteiger partial charge in [-0.3, -0.25) is 5.32 Å². The maximum Gasteiger partial charge on any atom is 0.412 e. The van der Waals surface area contributed by atoms with Gasteiger partial charge in [0, 0.05) is 4.70 Å². The standard InChI is InChI=1S/C19H20N2O2S/c1-19(2,3)23-18(22)21-16-6-4-13(11-15(16)20)12-5-7-17-14(10-12)8-9-24-17/h4-11H,20H2,1-3H3,(H,21,22). The SMILES string of the molecule is CC(C)(C)OC(=O)Nc1ccc(-c2ccc3sccc3c2)cc1N. The summed E-state index contributed by atoms with van der Waals surface area (Å²) in [6.45, 7) is 5.46. The molecule has 0 radical (unpaired) electrons. The van der Waals surface area contributed by atoms with E-state index in [0.717, 1.165) is 11.1 Å². The lowest BCUT2D eigenvalue weighted by atomic mass is 10.0. The van der Waals surface area contributed by atoms with Crippen LogP contribution in [0.25, 0.3) is 21.2 Å². The van der Waals surface area contributed by atoms with Crippen LogP contribution >= 0.6 is 11.3 Å². The first kappa shape index (κ1) is 16.3. The Hall–Kier alpha value is -2.53. The molecule has 0 spiro atoms. The van der Waals surface area contributed by atoms with Crippen LogP contribution in [0.3, 0.4) is 0 Å². The minimum Gasteiger partial charge on any atom is -0.444 e. The number of nitrogens with one attached hydrogen (secondary N) is 1. The molecule has 0 aliphatic carbocycles. The number of anilines is 2. The van der Waals surface area contributed by atoms with Crippen LogP contribution in [-0.4, -0.2) is 11.7 Å². The first-order chi connectivity index (χ1) is 11.3. The molecule has 3 N–H and O–H groups in total. The normalized spacial score (nSPS) is 11.5. The summed E-state index contributed by atoms with van der Waals surface area (Å²) in [6.07, 6.45) is -0.512. The molecule has 1 heterocycles.